The van der Waals surface area contributed by atoms with Crippen molar-refractivity contribution in [1.82, 2.24) is 9.88 Å². The number of methoxy groups -OCH3 is 1. The molecule has 0 spiro atoms. The molecular formula is C36H44F2N2O5. The van der Waals surface area contributed by atoms with Gasteiger partial charge in [0.05, 0.1) is 38.6 Å². The number of fused-ring (bicyclic) bond motifs is 1. The zero-order chi connectivity index (χ0) is 32.3. The summed E-state index contributed by atoms with van der Waals surface area (Å²) in [7, 11) is 1.47. The third-order valence-corrected chi connectivity index (χ3v) is 8.58. The van der Waals surface area contributed by atoms with Crippen LogP contribution in [0.15, 0.2) is 53.5 Å². The number of hydrogen-bond donors (Lipinski definition) is 1. The molecule has 1 saturated carbocycles. The van der Waals surface area contributed by atoms with Gasteiger partial charge in [-0.15, -0.1) is 0 Å². The van der Waals surface area contributed by atoms with Crippen LogP contribution in [0.25, 0.3) is 22.7 Å². The molecule has 0 radical (unpaired) electrons. The predicted molar refractivity (Wildman–Crippen MR) is 171 cm³/mol. The molecule has 45 heavy (non-hydrogen) atoms. The number of benzene rings is 2. The first kappa shape index (κ1) is 34.0. The maximum absolute atomic E-state index is 15.5. The lowest BCUT2D eigenvalue weighted by molar-refractivity contribution is -0.146. The number of nitrogens with zero attached hydrogens (tertiary/aromatic N) is 2. The van der Waals surface area contributed by atoms with Crippen molar-refractivity contribution in [2.24, 2.45) is 5.92 Å². The number of allylic oxidation sites excluding steroid dienone is 1. The molecule has 2 heterocycles. The van der Waals surface area contributed by atoms with Crippen LogP contribution in [0.2, 0.25) is 0 Å². The Hall–Kier alpha value is -3.85. The average molecular weight is 623 g/mol. The van der Waals surface area contributed by atoms with Gasteiger partial charge < -0.3 is 19.2 Å². The molecule has 1 aliphatic heterocycles. The molecule has 1 aliphatic carbocycles. The molecule has 2 fully saturated rings. The van der Waals surface area contributed by atoms with Crippen molar-refractivity contribution < 1.29 is 32.6 Å². The number of alkyl halides is 1. The van der Waals surface area contributed by atoms with Crippen molar-refractivity contribution in [3.8, 4) is 0 Å². The minimum atomic E-state index is -1.14. The van der Waals surface area contributed by atoms with Gasteiger partial charge in [-0.05, 0) is 48.6 Å². The summed E-state index contributed by atoms with van der Waals surface area (Å²) in [5, 5.41) is 11.5. The zero-order valence-corrected chi connectivity index (χ0v) is 26.3. The maximum Gasteiger partial charge on any atom is 0.308 e. The summed E-state index contributed by atoms with van der Waals surface area (Å²) in [6.45, 7) is 5.50. The normalized spacial score (nSPS) is 19.9. The van der Waals surface area contributed by atoms with Crippen LogP contribution in [-0.2, 0) is 20.7 Å². The van der Waals surface area contributed by atoms with Crippen molar-refractivity contribution in [2.45, 2.75) is 83.3 Å². The van der Waals surface area contributed by atoms with Crippen LogP contribution in [-0.4, -0.2) is 59.3 Å². The van der Waals surface area contributed by atoms with Crippen molar-refractivity contribution in [2.75, 3.05) is 20.3 Å². The van der Waals surface area contributed by atoms with E-state index in [1.54, 1.807) is 12.1 Å². The van der Waals surface area contributed by atoms with Crippen LogP contribution in [0.1, 0.15) is 76.2 Å². The highest BCUT2D eigenvalue weighted by atomic mass is 19.1. The Bertz CT molecular complexity index is 1590. The number of aromatic nitrogens is 1. The molecule has 9 heteroatoms. The van der Waals surface area contributed by atoms with E-state index in [0.717, 1.165) is 35.3 Å². The number of aliphatic hydroxyl groups is 1. The summed E-state index contributed by atoms with van der Waals surface area (Å²) < 4.78 is 40.0. The lowest BCUT2D eigenvalue weighted by Gasteiger charge is -2.36. The lowest BCUT2D eigenvalue weighted by atomic mass is 9.89. The highest BCUT2D eigenvalue weighted by molar-refractivity contribution is 5.82. The maximum atomic E-state index is 15.5. The third kappa shape index (κ3) is 8.45. The highest BCUT2D eigenvalue weighted by Crippen LogP contribution is 2.28. The van der Waals surface area contributed by atoms with Gasteiger partial charge in [-0.25, -0.2) is 13.8 Å². The van der Waals surface area contributed by atoms with Gasteiger partial charge in [0.25, 0.3) is 0 Å². The van der Waals surface area contributed by atoms with E-state index in [4.69, 9.17) is 4.42 Å². The fraction of sp³-hybridized carbons (Fsp3) is 0.472. The van der Waals surface area contributed by atoms with E-state index in [2.05, 4.69) is 23.2 Å². The van der Waals surface area contributed by atoms with Crippen LogP contribution in [0.3, 0.4) is 0 Å². The second-order valence-corrected chi connectivity index (χ2v) is 11.7. The molecule has 7 nitrogen and oxygen atoms in total. The van der Waals surface area contributed by atoms with Crippen LogP contribution < -0.4 is 10.4 Å². The van der Waals surface area contributed by atoms with Crippen LogP contribution in [0.5, 0.6) is 0 Å². The number of ether oxygens (including phenoxy) is 1. The molecule has 2 unspecified atom stereocenters. The first-order chi connectivity index (χ1) is 21.8. The van der Waals surface area contributed by atoms with Crippen LogP contribution in [0.4, 0.5) is 8.78 Å². The van der Waals surface area contributed by atoms with Gasteiger partial charge >= 0.3 is 5.97 Å². The number of aliphatic hydroxyl groups excluding tert-OH is 1. The van der Waals surface area contributed by atoms with Crippen LogP contribution in [0, 0.1) is 11.7 Å². The Kier molecular flexibility index (Phi) is 12.4. The Balaban J connectivity index is 0.000000392. The minimum Gasteiger partial charge on any atom is -0.469 e. The van der Waals surface area contributed by atoms with Crippen LogP contribution >= 0.6 is 0 Å². The van der Waals surface area contributed by atoms with E-state index >= 15 is 4.39 Å². The molecule has 1 N–H and O–H groups in total. The SMILES string of the molecule is C=C/C=c1/cccc/c1=C(/CCC)c1nc2ccc(CC(=O)N3CC(F)CCC3CO)c(F)c2o1.COC(=O)C1CCCCC1. The molecule has 1 saturated heterocycles. The number of hydrogen-bond acceptors (Lipinski definition) is 6. The number of carbonyl (C=O) groups is 2. The molecule has 0 bridgehead atoms. The van der Waals surface area contributed by atoms with Gasteiger partial charge in [0.2, 0.25) is 11.8 Å². The summed E-state index contributed by atoms with van der Waals surface area (Å²) in [6, 6.07) is 10.5. The standard InChI is InChI=1S/C28H30F2N2O3.C8H14O2/c1-3-7-18-9-5-6-10-22(18)23(8-4-2)28-31-24-14-11-19(26(30)27(24)35-28)15-25(34)32-16-20(29)12-13-21(32)17-33;1-10-8(9)7-5-3-2-4-6-7/h3,5-7,9-11,14,20-21,33H,1,4,8,12-13,15-17H2,2H3;7H,2-6H2,1H3/b18-7-,23-22+;. The second-order valence-electron chi connectivity index (χ2n) is 11.7. The Morgan fingerprint density at radius 3 is 2.58 bits per heavy atom. The average Bonchev–Trinajstić information content (AvgIpc) is 3.50. The van der Waals surface area contributed by atoms with E-state index < -0.39 is 23.9 Å². The first-order valence-electron chi connectivity index (χ1n) is 15.9. The summed E-state index contributed by atoms with van der Waals surface area (Å²) in [6.07, 6.45) is 10.2. The summed E-state index contributed by atoms with van der Waals surface area (Å²) in [5.41, 5.74) is 1.37. The third-order valence-electron chi connectivity index (χ3n) is 8.58. The Morgan fingerprint density at radius 2 is 1.89 bits per heavy atom. The molecule has 5 rings (SSSR count). The Morgan fingerprint density at radius 1 is 1.13 bits per heavy atom. The van der Waals surface area contributed by atoms with Crippen molar-refractivity contribution in [3.63, 3.8) is 0 Å². The molecule has 242 valence electrons. The molecule has 2 atom stereocenters. The Labute approximate surface area is 263 Å². The van der Waals surface area contributed by atoms with E-state index in [1.165, 1.54) is 37.3 Å². The van der Waals surface area contributed by atoms with E-state index in [0.29, 0.717) is 30.7 Å². The van der Waals surface area contributed by atoms with Gasteiger partial charge in [0.15, 0.2) is 11.4 Å². The van der Waals surface area contributed by atoms with Gasteiger partial charge in [0, 0.05) is 11.1 Å². The summed E-state index contributed by atoms with van der Waals surface area (Å²) >= 11 is 0. The number of rotatable bonds is 8. The fourth-order valence-corrected chi connectivity index (χ4v) is 6.16. The number of piperidine rings is 1. The highest BCUT2D eigenvalue weighted by Gasteiger charge is 2.32. The smallest absolute Gasteiger partial charge is 0.308 e. The predicted octanol–water partition coefficient (Wildman–Crippen LogP) is 5.54. The van der Waals surface area contributed by atoms with E-state index in [9.17, 15) is 19.1 Å². The number of oxazole rings is 1. The quantitative estimate of drug-likeness (QED) is 0.332. The number of likely N-dealkylation sites (tertiary alicyclic amines) is 1. The minimum absolute atomic E-state index is 0.00944. The number of esters is 1. The monoisotopic (exact) mass is 622 g/mol. The van der Waals surface area contributed by atoms with Crippen molar-refractivity contribution in [3.05, 3.63) is 76.8 Å². The molecule has 1 aromatic heterocycles. The van der Waals surface area contributed by atoms with Crippen molar-refractivity contribution in [1.29, 1.82) is 0 Å². The van der Waals surface area contributed by atoms with E-state index in [1.807, 2.05) is 30.3 Å². The number of amides is 1. The first-order valence-corrected chi connectivity index (χ1v) is 15.9. The number of carbonyl (C=O) groups excluding carboxylic acids is 2. The summed E-state index contributed by atoms with van der Waals surface area (Å²) in [5.74, 6) is -0.536. The zero-order valence-electron chi connectivity index (χ0n) is 26.3. The topological polar surface area (TPSA) is 92.9 Å². The largest absolute Gasteiger partial charge is 0.469 e. The molecular weight excluding hydrogens is 578 g/mol. The molecule has 2 aliphatic rings. The van der Waals surface area contributed by atoms with E-state index in [-0.39, 0.29) is 42.6 Å². The fourth-order valence-electron chi connectivity index (χ4n) is 6.16. The second kappa shape index (κ2) is 16.5. The van der Waals surface area contributed by atoms with Gasteiger partial charge in [0.1, 0.15) is 11.7 Å². The lowest BCUT2D eigenvalue weighted by Crippen LogP contribution is -2.49. The summed E-state index contributed by atoms with van der Waals surface area (Å²) in [4.78, 5) is 29.7. The molecule has 2 aromatic carbocycles. The van der Waals surface area contributed by atoms with Gasteiger partial charge in [-0.2, -0.15) is 0 Å². The molecule has 3 aromatic rings. The molecule has 1 amide bonds. The van der Waals surface area contributed by atoms with Gasteiger partial charge in [-0.1, -0.05) is 81.7 Å². The van der Waals surface area contributed by atoms with Gasteiger partial charge in [-0.3, -0.25) is 9.59 Å². The van der Waals surface area contributed by atoms with Crippen molar-refractivity contribution >= 4 is 34.6 Å². The number of halogens is 2.